The molecule has 2 rings (SSSR count). The molecule has 5 nitrogen and oxygen atoms in total. The summed E-state index contributed by atoms with van der Waals surface area (Å²) in [6.07, 6.45) is 1.93. The van der Waals surface area contributed by atoms with Gasteiger partial charge in [-0.15, -0.1) is 0 Å². The summed E-state index contributed by atoms with van der Waals surface area (Å²) in [4.78, 5) is 19.6. The molecule has 1 amide bonds. The van der Waals surface area contributed by atoms with E-state index in [1.165, 1.54) is 5.56 Å². The Labute approximate surface area is 120 Å². The first-order chi connectivity index (χ1) is 8.63. The molecule has 1 aromatic heterocycles. The predicted molar refractivity (Wildman–Crippen MR) is 77.9 cm³/mol. The SMILES string of the molecule is NC(=O)CN1CCN(Cc2ccc(I)nc2)CC1. The minimum atomic E-state index is -0.245. The molecule has 1 aliphatic heterocycles. The molecule has 2 heterocycles. The fourth-order valence-electron chi connectivity index (χ4n) is 2.08. The van der Waals surface area contributed by atoms with E-state index >= 15 is 0 Å². The van der Waals surface area contributed by atoms with Crippen molar-refractivity contribution in [2.75, 3.05) is 32.7 Å². The van der Waals surface area contributed by atoms with Crippen molar-refractivity contribution in [3.05, 3.63) is 27.6 Å². The third-order valence-corrected chi connectivity index (χ3v) is 3.68. The van der Waals surface area contributed by atoms with Gasteiger partial charge in [-0.25, -0.2) is 0 Å². The lowest BCUT2D eigenvalue weighted by Gasteiger charge is -2.33. The number of aromatic nitrogens is 1. The Balaban J connectivity index is 1.79. The predicted octanol–water partition coefficient (Wildman–Crippen LogP) is 0.289. The first kappa shape index (κ1) is 13.7. The molecule has 0 aliphatic carbocycles. The largest absolute Gasteiger partial charge is 0.369 e. The highest BCUT2D eigenvalue weighted by molar-refractivity contribution is 14.1. The van der Waals surface area contributed by atoms with E-state index in [1.807, 2.05) is 12.3 Å². The number of pyridine rings is 1. The van der Waals surface area contributed by atoms with Crippen molar-refractivity contribution in [2.24, 2.45) is 5.73 Å². The summed E-state index contributed by atoms with van der Waals surface area (Å²) in [5.74, 6) is -0.245. The molecule has 1 saturated heterocycles. The van der Waals surface area contributed by atoms with Gasteiger partial charge in [-0.2, -0.15) is 0 Å². The molecule has 1 aromatic rings. The van der Waals surface area contributed by atoms with Gasteiger partial charge in [0.2, 0.25) is 5.91 Å². The molecule has 0 spiro atoms. The standard InChI is InChI=1S/C12H17IN4O/c13-11-2-1-10(7-15-11)8-16-3-5-17(6-4-16)9-12(14)18/h1-2,7H,3-6,8-9H2,(H2,14,18). The first-order valence-electron chi connectivity index (χ1n) is 5.97. The summed E-state index contributed by atoms with van der Waals surface area (Å²) in [7, 11) is 0. The lowest BCUT2D eigenvalue weighted by molar-refractivity contribution is -0.119. The topological polar surface area (TPSA) is 62.5 Å². The molecule has 0 aromatic carbocycles. The van der Waals surface area contributed by atoms with E-state index < -0.39 is 0 Å². The molecular weight excluding hydrogens is 343 g/mol. The van der Waals surface area contributed by atoms with Crippen molar-refractivity contribution in [1.82, 2.24) is 14.8 Å². The number of amides is 1. The molecule has 0 saturated carbocycles. The van der Waals surface area contributed by atoms with Crippen LogP contribution < -0.4 is 5.73 Å². The van der Waals surface area contributed by atoms with Gasteiger partial charge >= 0.3 is 0 Å². The molecular formula is C12H17IN4O. The average Bonchev–Trinajstić information content (AvgIpc) is 2.34. The van der Waals surface area contributed by atoms with E-state index in [9.17, 15) is 4.79 Å². The van der Waals surface area contributed by atoms with Crippen LogP contribution in [0.4, 0.5) is 0 Å². The van der Waals surface area contributed by atoms with Crippen LogP contribution in [0.1, 0.15) is 5.56 Å². The summed E-state index contributed by atoms with van der Waals surface area (Å²) in [6.45, 7) is 5.05. The van der Waals surface area contributed by atoms with Gasteiger partial charge in [-0.1, -0.05) is 6.07 Å². The number of carbonyl (C=O) groups excluding carboxylic acids is 1. The van der Waals surface area contributed by atoms with Crippen LogP contribution in [0.15, 0.2) is 18.3 Å². The van der Waals surface area contributed by atoms with E-state index in [0.29, 0.717) is 6.54 Å². The normalized spacial score (nSPS) is 17.8. The van der Waals surface area contributed by atoms with Crippen molar-refractivity contribution >= 4 is 28.5 Å². The second-order valence-corrected chi connectivity index (χ2v) is 5.61. The van der Waals surface area contributed by atoms with Gasteiger partial charge in [0.05, 0.1) is 6.54 Å². The third kappa shape index (κ3) is 4.18. The fraction of sp³-hybridized carbons (Fsp3) is 0.500. The van der Waals surface area contributed by atoms with Crippen LogP contribution in [0.2, 0.25) is 0 Å². The maximum Gasteiger partial charge on any atom is 0.231 e. The maximum absolute atomic E-state index is 10.8. The monoisotopic (exact) mass is 360 g/mol. The van der Waals surface area contributed by atoms with Gasteiger partial charge in [0.25, 0.3) is 0 Å². The van der Waals surface area contributed by atoms with E-state index in [-0.39, 0.29) is 5.91 Å². The molecule has 0 radical (unpaired) electrons. The number of hydrogen-bond donors (Lipinski definition) is 1. The summed E-state index contributed by atoms with van der Waals surface area (Å²) in [5, 5.41) is 0. The highest BCUT2D eigenvalue weighted by Crippen LogP contribution is 2.09. The quantitative estimate of drug-likeness (QED) is 0.619. The Morgan fingerprint density at radius 2 is 1.94 bits per heavy atom. The number of halogens is 1. The van der Waals surface area contributed by atoms with Crippen LogP contribution in [-0.2, 0) is 11.3 Å². The van der Waals surface area contributed by atoms with Crippen LogP contribution in [0.5, 0.6) is 0 Å². The molecule has 18 heavy (non-hydrogen) atoms. The summed E-state index contributed by atoms with van der Waals surface area (Å²) in [6, 6.07) is 4.14. The second kappa shape index (κ2) is 6.44. The van der Waals surface area contributed by atoms with Crippen molar-refractivity contribution in [3.63, 3.8) is 0 Å². The molecule has 0 atom stereocenters. The van der Waals surface area contributed by atoms with Crippen molar-refractivity contribution in [2.45, 2.75) is 6.54 Å². The highest BCUT2D eigenvalue weighted by atomic mass is 127. The van der Waals surface area contributed by atoms with Crippen molar-refractivity contribution in [1.29, 1.82) is 0 Å². The number of nitrogens with two attached hydrogens (primary N) is 1. The van der Waals surface area contributed by atoms with Crippen LogP contribution in [0.25, 0.3) is 0 Å². The summed E-state index contributed by atoms with van der Waals surface area (Å²) in [5.41, 5.74) is 6.43. The van der Waals surface area contributed by atoms with E-state index in [2.05, 4.69) is 43.4 Å². The van der Waals surface area contributed by atoms with Gasteiger partial charge in [-0.05, 0) is 34.2 Å². The minimum absolute atomic E-state index is 0.245. The number of carbonyl (C=O) groups is 1. The van der Waals surface area contributed by atoms with Gasteiger partial charge in [0, 0.05) is 38.9 Å². The molecule has 0 unspecified atom stereocenters. The maximum atomic E-state index is 10.8. The van der Waals surface area contributed by atoms with Gasteiger partial charge in [0.1, 0.15) is 3.70 Å². The minimum Gasteiger partial charge on any atom is -0.369 e. The van der Waals surface area contributed by atoms with Crippen molar-refractivity contribution < 1.29 is 4.79 Å². The van der Waals surface area contributed by atoms with Crippen LogP contribution >= 0.6 is 22.6 Å². The number of nitrogens with zero attached hydrogens (tertiary/aromatic N) is 3. The number of piperazine rings is 1. The Morgan fingerprint density at radius 3 is 2.50 bits per heavy atom. The second-order valence-electron chi connectivity index (χ2n) is 4.51. The smallest absolute Gasteiger partial charge is 0.231 e. The summed E-state index contributed by atoms with van der Waals surface area (Å²) < 4.78 is 1.02. The van der Waals surface area contributed by atoms with Crippen LogP contribution in [0.3, 0.4) is 0 Å². The van der Waals surface area contributed by atoms with E-state index in [4.69, 9.17) is 5.73 Å². The number of rotatable bonds is 4. The Kier molecular flexibility index (Phi) is 4.90. The fourth-order valence-corrected chi connectivity index (χ4v) is 2.40. The molecule has 2 N–H and O–H groups in total. The highest BCUT2D eigenvalue weighted by Gasteiger charge is 2.17. The Bertz CT molecular complexity index is 401. The molecule has 6 heteroatoms. The molecule has 1 fully saturated rings. The molecule has 1 aliphatic rings. The van der Waals surface area contributed by atoms with E-state index in [1.54, 1.807) is 0 Å². The third-order valence-electron chi connectivity index (χ3n) is 3.04. The van der Waals surface area contributed by atoms with Crippen molar-refractivity contribution in [3.8, 4) is 0 Å². The first-order valence-corrected chi connectivity index (χ1v) is 7.05. The Hall–Kier alpha value is -0.730. The Morgan fingerprint density at radius 1 is 1.28 bits per heavy atom. The molecule has 98 valence electrons. The van der Waals surface area contributed by atoms with Gasteiger partial charge < -0.3 is 5.73 Å². The number of hydrogen-bond acceptors (Lipinski definition) is 4. The number of primary amides is 1. The van der Waals surface area contributed by atoms with E-state index in [0.717, 1.165) is 36.4 Å². The average molecular weight is 360 g/mol. The lowest BCUT2D eigenvalue weighted by atomic mass is 10.2. The van der Waals surface area contributed by atoms with Gasteiger partial charge in [-0.3, -0.25) is 19.6 Å². The zero-order valence-corrected chi connectivity index (χ0v) is 12.3. The van der Waals surface area contributed by atoms with Gasteiger partial charge in [0.15, 0.2) is 0 Å². The zero-order valence-electron chi connectivity index (χ0n) is 10.2. The van der Waals surface area contributed by atoms with Crippen LogP contribution in [-0.4, -0.2) is 53.4 Å². The molecule has 0 bridgehead atoms. The lowest BCUT2D eigenvalue weighted by Crippen LogP contribution is -2.48. The zero-order chi connectivity index (χ0) is 13.0. The van der Waals surface area contributed by atoms with Crippen LogP contribution in [0, 0.1) is 3.70 Å². The summed E-state index contributed by atoms with van der Waals surface area (Å²) >= 11 is 2.21.